The van der Waals surface area contributed by atoms with Gasteiger partial charge in [-0.05, 0) is 30.6 Å². The Morgan fingerprint density at radius 3 is 2.70 bits per heavy atom. The average Bonchev–Trinajstić information content (AvgIpc) is 3.34. The van der Waals surface area contributed by atoms with Crippen molar-refractivity contribution in [2.24, 2.45) is 0 Å². The molecule has 0 aliphatic heterocycles. The molecule has 1 heterocycles. The highest BCUT2D eigenvalue weighted by atomic mass is 32.1. The number of nitrogens with zero attached hydrogens (tertiary/aromatic N) is 4. The highest BCUT2D eigenvalue weighted by molar-refractivity contribution is 7.71. The lowest BCUT2D eigenvalue weighted by Gasteiger charge is -2.20. The van der Waals surface area contributed by atoms with E-state index in [0.29, 0.717) is 23.3 Å². The molecule has 0 amide bonds. The minimum atomic E-state index is -0.0761. The quantitative estimate of drug-likeness (QED) is 0.597. The fourth-order valence-electron chi connectivity index (χ4n) is 2.75. The minimum absolute atomic E-state index is 0.0761. The SMILES string of the molecule is C=CCN(Cc1ccccc1)Cn1nc(CO)n(C2CC2)c1=S. The third-order valence-corrected chi connectivity index (χ3v) is 4.37. The molecular weight excluding hydrogens is 308 g/mol. The molecule has 2 aromatic rings. The van der Waals surface area contributed by atoms with E-state index in [1.807, 2.05) is 33.5 Å². The van der Waals surface area contributed by atoms with Gasteiger partial charge in [0.2, 0.25) is 0 Å². The third-order valence-electron chi connectivity index (χ3n) is 3.96. The Balaban J connectivity index is 1.80. The number of rotatable bonds is 8. The van der Waals surface area contributed by atoms with Crippen LogP contribution in [-0.4, -0.2) is 30.9 Å². The Labute approximate surface area is 141 Å². The Kier molecular flexibility index (Phi) is 5.05. The van der Waals surface area contributed by atoms with Crippen LogP contribution < -0.4 is 0 Å². The first kappa shape index (κ1) is 16.1. The van der Waals surface area contributed by atoms with Gasteiger partial charge in [-0.25, -0.2) is 4.68 Å². The molecule has 0 radical (unpaired) electrons. The number of benzene rings is 1. The summed E-state index contributed by atoms with van der Waals surface area (Å²) in [4.78, 5) is 2.23. The maximum absolute atomic E-state index is 9.53. The standard InChI is InChI=1S/C17H22N4OS/c1-2-10-19(11-14-6-4-3-5-7-14)13-20-17(23)21(15-8-9-15)16(12-22)18-20/h2-7,15,22H,1,8-13H2. The van der Waals surface area contributed by atoms with E-state index < -0.39 is 0 Å². The zero-order valence-corrected chi connectivity index (χ0v) is 14.0. The topological polar surface area (TPSA) is 46.2 Å². The van der Waals surface area contributed by atoms with Crippen molar-refractivity contribution < 1.29 is 5.11 Å². The van der Waals surface area contributed by atoms with Crippen LogP contribution in [0.3, 0.4) is 0 Å². The van der Waals surface area contributed by atoms with E-state index in [-0.39, 0.29) is 6.61 Å². The smallest absolute Gasteiger partial charge is 0.199 e. The molecule has 1 N–H and O–H groups in total. The lowest BCUT2D eigenvalue weighted by Crippen LogP contribution is -2.27. The van der Waals surface area contributed by atoms with E-state index in [1.54, 1.807) is 0 Å². The van der Waals surface area contributed by atoms with Crippen LogP contribution in [0.15, 0.2) is 43.0 Å². The normalized spacial score (nSPS) is 14.3. The molecule has 3 rings (SSSR count). The van der Waals surface area contributed by atoms with Crippen molar-refractivity contribution in [2.75, 3.05) is 6.54 Å². The van der Waals surface area contributed by atoms with Crippen LogP contribution in [0, 0.1) is 4.77 Å². The molecular formula is C17H22N4OS. The Hall–Kier alpha value is -1.76. The number of hydrogen-bond acceptors (Lipinski definition) is 4. The predicted molar refractivity (Wildman–Crippen MR) is 92.3 cm³/mol. The van der Waals surface area contributed by atoms with Crippen molar-refractivity contribution in [2.45, 2.75) is 38.7 Å². The van der Waals surface area contributed by atoms with E-state index in [0.717, 1.165) is 25.9 Å². The maximum Gasteiger partial charge on any atom is 0.199 e. The summed E-state index contributed by atoms with van der Waals surface area (Å²) in [7, 11) is 0. The Morgan fingerprint density at radius 1 is 1.35 bits per heavy atom. The van der Waals surface area contributed by atoms with Gasteiger partial charge in [0, 0.05) is 19.1 Å². The van der Waals surface area contributed by atoms with Crippen LogP contribution in [0.2, 0.25) is 0 Å². The second-order valence-electron chi connectivity index (χ2n) is 5.88. The van der Waals surface area contributed by atoms with E-state index in [1.165, 1.54) is 5.56 Å². The molecule has 122 valence electrons. The monoisotopic (exact) mass is 330 g/mol. The van der Waals surface area contributed by atoms with Crippen molar-refractivity contribution >= 4 is 12.2 Å². The van der Waals surface area contributed by atoms with E-state index in [9.17, 15) is 5.11 Å². The van der Waals surface area contributed by atoms with Gasteiger partial charge in [-0.3, -0.25) is 9.47 Å². The summed E-state index contributed by atoms with van der Waals surface area (Å²) in [5, 5.41) is 14.0. The molecule has 1 aromatic carbocycles. The fraction of sp³-hybridized carbons (Fsp3) is 0.412. The highest BCUT2D eigenvalue weighted by Gasteiger charge is 2.28. The second kappa shape index (κ2) is 7.21. The molecule has 23 heavy (non-hydrogen) atoms. The average molecular weight is 330 g/mol. The Morgan fingerprint density at radius 2 is 2.09 bits per heavy atom. The van der Waals surface area contributed by atoms with E-state index >= 15 is 0 Å². The summed E-state index contributed by atoms with van der Waals surface area (Å²) in [6, 6.07) is 10.7. The molecule has 1 aliphatic rings. The fourth-order valence-corrected chi connectivity index (χ4v) is 3.10. The molecule has 0 unspecified atom stereocenters. The van der Waals surface area contributed by atoms with Crippen molar-refractivity contribution in [3.63, 3.8) is 0 Å². The van der Waals surface area contributed by atoms with Gasteiger partial charge in [0.15, 0.2) is 10.6 Å². The first-order valence-corrected chi connectivity index (χ1v) is 8.30. The first-order chi connectivity index (χ1) is 11.2. The summed E-state index contributed by atoms with van der Waals surface area (Å²) in [5.74, 6) is 0.663. The Bertz CT molecular complexity index is 718. The second-order valence-corrected chi connectivity index (χ2v) is 6.25. The van der Waals surface area contributed by atoms with Crippen molar-refractivity contribution in [1.29, 1.82) is 0 Å². The van der Waals surface area contributed by atoms with E-state index in [4.69, 9.17) is 12.2 Å². The molecule has 1 aliphatic carbocycles. The van der Waals surface area contributed by atoms with Gasteiger partial charge in [-0.15, -0.1) is 6.58 Å². The zero-order valence-electron chi connectivity index (χ0n) is 13.1. The van der Waals surface area contributed by atoms with Crippen LogP contribution >= 0.6 is 12.2 Å². The maximum atomic E-state index is 9.53. The zero-order chi connectivity index (χ0) is 16.2. The molecule has 0 spiro atoms. The third kappa shape index (κ3) is 3.77. The van der Waals surface area contributed by atoms with Gasteiger partial charge in [-0.2, -0.15) is 5.10 Å². The highest BCUT2D eigenvalue weighted by Crippen LogP contribution is 2.36. The number of aliphatic hydroxyl groups excluding tert-OH is 1. The number of aliphatic hydroxyl groups is 1. The molecule has 1 saturated carbocycles. The molecule has 6 heteroatoms. The van der Waals surface area contributed by atoms with Gasteiger partial charge >= 0.3 is 0 Å². The summed E-state index contributed by atoms with van der Waals surface area (Å²) in [5.41, 5.74) is 1.24. The molecule has 0 atom stereocenters. The molecule has 1 fully saturated rings. The number of aromatic nitrogens is 3. The lowest BCUT2D eigenvalue weighted by molar-refractivity contribution is 0.215. The molecule has 0 saturated heterocycles. The van der Waals surface area contributed by atoms with Crippen LogP contribution in [0.4, 0.5) is 0 Å². The number of hydrogen-bond donors (Lipinski definition) is 1. The molecule has 1 aromatic heterocycles. The summed E-state index contributed by atoms with van der Waals surface area (Å²) >= 11 is 5.56. The predicted octanol–water partition coefficient (Wildman–Crippen LogP) is 2.89. The van der Waals surface area contributed by atoms with Gasteiger partial charge in [-0.1, -0.05) is 36.4 Å². The van der Waals surface area contributed by atoms with Crippen LogP contribution in [0.1, 0.15) is 30.3 Å². The van der Waals surface area contributed by atoms with Crippen LogP contribution in [0.25, 0.3) is 0 Å². The van der Waals surface area contributed by atoms with Crippen LogP contribution in [-0.2, 0) is 19.8 Å². The van der Waals surface area contributed by atoms with Gasteiger partial charge in [0.25, 0.3) is 0 Å². The lowest BCUT2D eigenvalue weighted by atomic mass is 10.2. The van der Waals surface area contributed by atoms with Crippen molar-refractivity contribution in [3.8, 4) is 0 Å². The summed E-state index contributed by atoms with van der Waals surface area (Å²) < 4.78 is 4.51. The van der Waals surface area contributed by atoms with E-state index in [2.05, 4.69) is 28.7 Å². The van der Waals surface area contributed by atoms with Crippen molar-refractivity contribution in [1.82, 2.24) is 19.2 Å². The first-order valence-electron chi connectivity index (χ1n) is 7.89. The summed E-state index contributed by atoms with van der Waals surface area (Å²) in [6.45, 7) is 5.91. The molecule has 5 nitrogen and oxygen atoms in total. The van der Waals surface area contributed by atoms with Gasteiger partial charge in [0.05, 0.1) is 6.67 Å². The van der Waals surface area contributed by atoms with Gasteiger partial charge < -0.3 is 5.11 Å². The summed E-state index contributed by atoms with van der Waals surface area (Å²) in [6.07, 6.45) is 4.12. The van der Waals surface area contributed by atoms with Crippen molar-refractivity contribution in [3.05, 3.63) is 59.1 Å². The van der Waals surface area contributed by atoms with Gasteiger partial charge in [0.1, 0.15) is 6.61 Å². The minimum Gasteiger partial charge on any atom is -0.388 e. The largest absolute Gasteiger partial charge is 0.388 e. The molecule has 0 bridgehead atoms. The van der Waals surface area contributed by atoms with Crippen LogP contribution in [0.5, 0.6) is 0 Å².